The molecule has 5 rings (SSSR count). The average Bonchev–Trinajstić information content (AvgIpc) is 3.45. The fraction of sp³-hybridized carbons (Fsp3) is 0.250. The van der Waals surface area contributed by atoms with Crippen molar-refractivity contribution in [2.75, 3.05) is 19.7 Å². The van der Waals surface area contributed by atoms with Crippen molar-refractivity contribution in [3.8, 4) is 16.9 Å². The smallest absolute Gasteiger partial charge is 0.407 e. The number of aryl methyl sites for hydroxylation is 1. The van der Waals surface area contributed by atoms with Gasteiger partial charge in [0.2, 0.25) is 10.0 Å². The summed E-state index contributed by atoms with van der Waals surface area (Å²) in [6.07, 6.45) is 2.81. The third-order valence-electron chi connectivity index (χ3n) is 6.27. The number of rotatable bonds is 5. The van der Waals surface area contributed by atoms with Crippen LogP contribution in [0.25, 0.3) is 22.6 Å². The SMILES string of the molecule is Cc1ccn2c(C[C@H]3CN(C(=O)O)CCO3)c(-c3c(F)cc(-n4ccc(S(N)(=O)=O)c4)cc3F)nc2c1. The zero-order valence-electron chi connectivity index (χ0n) is 19.6. The number of hydrogen-bond donors (Lipinski definition) is 2. The molecule has 1 aliphatic rings. The van der Waals surface area contributed by atoms with E-state index in [9.17, 15) is 18.3 Å². The maximum Gasteiger partial charge on any atom is 0.407 e. The summed E-state index contributed by atoms with van der Waals surface area (Å²) >= 11 is 0. The van der Waals surface area contributed by atoms with E-state index in [1.54, 1.807) is 16.7 Å². The number of sulfonamides is 1. The largest absolute Gasteiger partial charge is 0.465 e. The number of amides is 1. The second kappa shape index (κ2) is 9.25. The zero-order chi connectivity index (χ0) is 26.5. The molecule has 1 saturated heterocycles. The Morgan fingerprint density at radius 3 is 2.59 bits per heavy atom. The summed E-state index contributed by atoms with van der Waals surface area (Å²) in [5.74, 6) is -1.81. The van der Waals surface area contributed by atoms with E-state index in [4.69, 9.17) is 9.88 Å². The van der Waals surface area contributed by atoms with Crippen molar-refractivity contribution < 1.29 is 31.8 Å². The molecule has 10 nitrogen and oxygen atoms in total. The Kier molecular flexibility index (Phi) is 6.22. The van der Waals surface area contributed by atoms with Crippen LogP contribution in [-0.2, 0) is 21.2 Å². The minimum Gasteiger partial charge on any atom is -0.465 e. The number of pyridine rings is 1. The standard InChI is InChI=1S/C24H23F2N5O5S/c1-14-2-5-31-20(11-16-12-30(24(32)33)6-7-36-16)23(28-21(31)8-14)22-18(25)9-15(10-19(22)26)29-4-3-17(13-29)37(27,34)35/h2-5,8-10,13,16H,6-7,11-12H2,1H3,(H,32,33)(H2,27,34,35)/t16-/m0/s1. The highest BCUT2D eigenvalue weighted by Gasteiger charge is 2.28. The van der Waals surface area contributed by atoms with Gasteiger partial charge in [-0.1, -0.05) is 0 Å². The van der Waals surface area contributed by atoms with Gasteiger partial charge in [-0.3, -0.25) is 0 Å². The number of aromatic nitrogens is 3. The molecule has 4 aromatic rings. The number of halogens is 2. The fourth-order valence-electron chi connectivity index (χ4n) is 4.47. The summed E-state index contributed by atoms with van der Waals surface area (Å²) in [4.78, 5) is 17.0. The van der Waals surface area contributed by atoms with E-state index in [0.29, 0.717) is 11.3 Å². The summed E-state index contributed by atoms with van der Waals surface area (Å²) in [5.41, 5.74) is 1.61. The number of primary sulfonamides is 1. The lowest BCUT2D eigenvalue weighted by Gasteiger charge is -2.31. The maximum atomic E-state index is 15.5. The molecular weight excluding hydrogens is 508 g/mol. The molecule has 1 aromatic carbocycles. The lowest BCUT2D eigenvalue weighted by atomic mass is 10.0. The summed E-state index contributed by atoms with van der Waals surface area (Å²) in [6, 6.07) is 6.99. The molecule has 0 radical (unpaired) electrons. The molecule has 13 heteroatoms. The van der Waals surface area contributed by atoms with Gasteiger partial charge in [0.1, 0.15) is 17.3 Å². The Hall–Kier alpha value is -3.81. The molecule has 3 aromatic heterocycles. The van der Waals surface area contributed by atoms with Gasteiger partial charge in [0.15, 0.2) is 0 Å². The quantitative estimate of drug-likeness (QED) is 0.407. The maximum absolute atomic E-state index is 15.5. The lowest BCUT2D eigenvalue weighted by Crippen LogP contribution is -2.45. The van der Waals surface area contributed by atoms with Crippen LogP contribution < -0.4 is 5.14 Å². The Morgan fingerprint density at radius 1 is 1.22 bits per heavy atom. The predicted octanol–water partition coefficient (Wildman–Crippen LogP) is 2.95. The van der Waals surface area contributed by atoms with Gasteiger partial charge in [-0.15, -0.1) is 0 Å². The average molecular weight is 532 g/mol. The molecule has 0 bridgehead atoms. The van der Waals surface area contributed by atoms with E-state index >= 15 is 8.78 Å². The molecule has 37 heavy (non-hydrogen) atoms. The van der Waals surface area contributed by atoms with Crippen molar-refractivity contribution >= 4 is 21.8 Å². The van der Waals surface area contributed by atoms with Crippen molar-refractivity contribution in [1.29, 1.82) is 0 Å². The molecule has 1 atom stereocenters. The number of morpholine rings is 1. The van der Waals surface area contributed by atoms with Gasteiger partial charge in [0.05, 0.1) is 46.8 Å². The summed E-state index contributed by atoms with van der Waals surface area (Å²) < 4.78 is 62.9. The number of benzene rings is 1. The van der Waals surface area contributed by atoms with Crippen LogP contribution in [0.5, 0.6) is 0 Å². The highest BCUT2D eigenvalue weighted by Crippen LogP contribution is 2.33. The first-order valence-corrected chi connectivity index (χ1v) is 12.8. The van der Waals surface area contributed by atoms with Gasteiger partial charge in [0, 0.05) is 31.6 Å². The number of carbonyl (C=O) groups is 1. The highest BCUT2D eigenvalue weighted by atomic mass is 32.2. The first-order valence-electron chi connectivity index (χ1n) is 11.3. The Labute approximate surface area is 210 Å². The van der Waals surface area contributed by atoms with Crippen molar-refractivity contribution in [3.63, 3.8) is 0 Å². The van der Waals surface area contributed by atoms with Gasteiger partial charge in [-0.2, -0.15) is 0 Å². The number of nitrogens with two attached hydrogens (primary N) is 1. The van der Waals surface area contributed by atoms with Crippen LogP contribution >= 0.6 is 0 Å². The highest BCUT2D eigenvalue weighted by molar-refractivity contribution is 7.89. The van der Waals surface area contributed by atoms with Crippen LogP contribution in [0, 0.1) is 18.6 Å². The molecule has 194 valence electrons. The molecule has 1 fully saturated rings. The predicted molar refractivity (Wildman–Crippen MR) is 129 cm³/mol. The van der Waals surface area contributed by atoms with E-state index in [0.717, 1.165) is 23.9 Å². The molecule has 0 spiro atoms. The van der Waals surface area contributed by atoms with Gasteiger partial charge in [-0.25, -0.2) is 32.1 Å². The number of imidazole rings is 1. The van der Waals surface area contributed by atoms with Crippen molar-refractivity contribution in [2.24, 2.45) is 5.14 Å². The van der Waals surface area contributed by atoms with Crippen molar-refractivity contribution in [2.45, 2.75) is 24.3 Å². The number of nitrogens with zero attached hydrogens (tertiary/aromatic N) is 4. The number of hydrogen-bond acceptors (Lipinski definition) is 5. The van der Waals surface area contributed by atoms with Crippen molar-refractivity contribution in [1.82, 2.24) is 18.9 Å². The molecule has 0 aliphatic carbocycles. The second-order valence-electron chi connectivity index (χ2n) is 8.85. The molecule has 1 aliphatic heterocycles. The van der Waals surface area contributed by atoms with Gasteiger partial charge in [-0.05, 0) is 42.8 Å². The minimum absolute atomic E-state index is 0.0579. The summed E-state index contributed by atoms with van der Waals surface area (Å²) in [6.45, 7) is 2.42. The van der Waals surface area contributed by atoms with Crippen LogP contribution in [0.3, 0.4) is 0 Å². The number of fused-ring (bicyclic) bond motifs is 1. The van der Waals surface area contributed by atoms with Gasteiger partial charge in [0.25, 0.3) is 0 Å². The molecule has 1 amide bonds. The Morgan fingerprint density at radius 2 is 1.95 bits per heavy atom. The zero-order valence-corrected chi connectivity index (χ0v) is 20.5. The van der Waals surface area contributed by atoms with Crippen LogP contribution in [0.4, 0.5) is 13.6 Å². The topological polar surface area (TPSA) is 132 Å². The van der Waals surface area contributed by atoms with Gasteiger partial charge >= 0.3 is 6.09 Å². The normalized spacial score (nSPS) is 16.4. The summed E-state index contributed by atoms with van der Waals surface area (Å²) in [5, 5.41) is 14.5. The molecule has 0 unspecified atom stereocenters. The van der Waals surface area contributed by atoms with E-state index < -0.39 is 33.9 Å². The fourth-order valence-corrected chi connectivity index (χ4v) is 4.98. The third-order valence-corrected chi connectivity index (χ3v) is 7.17. The monoisotopic (exact) mass is 531 g/mol. The van der Waals surface area contributed by atoms with Gasteiger partial charge < -0.3 is 23.7 Å². The third kappa shape index (κ3) is 4.80. The van der Waals surface area contributed by atoms with Crippen LogP contribution in [-0.4, -0.2) is 64.3 Å². The molecule has 0 saturated carbocycles. The molecule has 4 heterocycles. The van der Waals surface area contributed by atoms with E-state index in [-0.39, 0.29) is 48.0 Å². The molecular formula is C24H23F2N5O5S. The summed E-state index contributed by atoms with van der Waals surface area (Å²) in [7, 11) is -3.98. The van der Waals surface area contributed by atoms with Crippen LogP contribution in [0.2, 0.25) is 0 Å². The van der Waals surface area contributed by atoms with Crippen LogP contribution in [0.1, 0.15) is 11.3 Å². The first kappa shape index (κ1) is 24.9. The van der Waals surface area contributed by atoms with E-state index in [1.807, 2.05) is 13.0 Å². The lowest BCUT2D eigenvalue weighted by molar-refractivity contribution is -0.0214. The second-order valence-corrected chi connectivity index (χ2v) is 10.4. The first-order chi connectivity index (χ1) is 17.5. The Balaban J connectivity index is 1.59. The number of ether oxygens (including phenoxy) is 1. The number of carboxylic acid groups (broad SMARTS) is 1. The van der Waals surface area contributed by atoms with E-state index in [2.05, 4.69) is 4.98 Å². The minimum atomic E-state index is -3.98. The van der Waals surface area contributed by atoms with E-state index in [1.165, 1.54) is 21.7 Å². The Bertz CT molecular complexity index is 1610. The molecule has 3 N–H and O–H groups in total. The van der Waals surface area contributed by atoms with Crippen molar-refractivity contribution in [3.05, 3.63) is 71.8 Å². The van der Waals surface area contributed by atoms with Crippen LogP contribution in [0.15, 0.2) is 53.8 Å².